The Labute approximate surface area is 84.9 Å². The van der Waals surface area contributed by atoms with E-state index in [0.29, 0.717) is 0 Å². The molecule has 0 aliphatic rings. The molecule has 0 heterocycles. The Morgan fingerprint density at radius 1 is 1.29 bits per heavy atom. The predicted octanol–water partition coefficient (Wildman–Crippen LogP) is 2.25. The number of benzene rings is 1. The largest absolute Gasteiger partial charge is 0.383 e. The number of hydrogen-bond acceptors (Lipinski definition) is 2. The van der Waals surface area contributed by atoms with Crippen LogP contribution in [0.25, 0.3) is 0 Å². The van der Waals surface area contributed by atoms with E-state index in [9.17, 15) is 4.79 Å². The van der Waals surface area contributed by atoms with Crippen LogP contribution in [0.2, 0.25) is 0 Å². The fourth-order valence-electron chi connectivity index (χ4n) is 1.16. The van der Waals surface area contributed by atoms with Crippen molar-refractivity contribution in [1.29, 1.82) is 0 Å². The van der Waals surface area contributed by atoms with E-state index >= 15 is 0 Å². The maximum absolute atomic E-state index is 11.7. The summed E-state index contributed by atoms with van der Waals surface area (Å²) < 4.78 is 0. The van der Waals surface area contributed by atoms with Crippen LogP contribution in [0, 0.1) is 6.92 Å². The third-order valence-electron chi connectivity index (χ3n) is 1.93. The molecule has 1 rings (SSSR count). The summed E-state index contributed by atoms with van der Waals surface area (Å²) >= 11 is 0. The lowest BCUT2D eigenvalue weighted by Crippen LogP contribution is -2.03. The zero-order valence-corrected chi connectivity index (χ0v) is 8.82. The standard InChI is InChI=1S/C12H15NO/c1-10-6-4-5-7-11(10)12(14)8-9-13(2)3/h4-9H,1-3H3/b9-8-. The minimum atomic E-state index is 0.0526. The van der Waals surface area contributed by atoms with E-state index in [2.05, 4.69) is 0 Å². The van der Waals surface area contributed by atoms with Crippen molar-refractivity contribution in [3.8, 4) is 0 Å². The van der Waals surface area contributed by atoms with Crippen LogP contribution in [0.15, 0.2) is 36.5 Å². The molecule has 0 spiro atoms. The lowest BCUT2D eigenvalue weighted by Gasteiger charge is -2.04. The highest BCUT2D eigenvalue weighted by Gasteiger charge is 2.03. The average Bonchev–Trinajstić information content (AvgIpc) is 2.15. The van der Waals surface area contributed by atoms with Gasteiger partial charge in [-0.2, -0.15) is 0 Å². The smallest absolute Gasteiger partial charge is 0.187 e. The molecular formula is C12H15NO. The molecule has 0 aliphatic carbocycles. The van der Waals surface area contributed by atoms with Crippen LogP contribution in [-0.2, 0) is 0 Å². The van der Waals surface area contributed by atoms with Gasteiger partial charge in [0.15, 0.2) is 5.78 Å². The Morgan fingerprint density at radius 2 is 1.93 bits per heavy atom. The van der Waals surface area contributed by atoms with E-state index < -0.39 is 0 Å². The molecule has 0 unspecified atom stereocenters. The van der Waals surface area contributed by atoms with Gasteiger partial charge in [0, 0.05) is 31.9 Å². The van der Waals surface area contributed by atoms with Crippen molar-refractivity contribution in [2.24, 2.45) is 0 Å². The quantitative estimate of drug-likeness (QED) is 0.537. The van der Waals surface area contributed by atoms with Crippen LogP contribution >= 0.6 is 0 Å². The second-order valence-corrected chi connectivity index (χ2v) is 3.46. The topological polar surface area (TPSA) is 20.3 Å². The summed E-state index contributed by atoms with van der Waals surface area (Å²) in [6.07, 6.45) is 3.34. The van der Waals surface area contributed by atoms with E-state index in [0.717, 1.165) is 11.1 Å². The summed E-state index contributed by atoms with van der Waals surface area (Å²) in [5.74, 6) is 0.0526. The van der Waals surface area contributed by atoms with Crippen LogP contribution in [0.3, 0.4) is 0 Å². The van der Waals surface area contributed by atoms with Gasteiger partial charge in [-0.1, -0.05) is 24.3 Å². The molecule has 0 bridgehead atoms. The number of allylic oxidation sites excluding steroid dienone is 1. The molecule has 0 saturated carbocycles. The lowest BCUT2D eigenvalue weighted by molar-refractivity contribution is 0.104. The number of carbonyl (C=O) groups excluding carboxylic acids is 1. The molecular weight excluding hydrogens is 174 g/mol. The molecule has 0 amide bonds. The van der Waals surface area contributed by atoms with Gasteiger partial charge in [0.2, 0.25) is 0 Å². The molecule has 14 heavy (non-hydrogen) atoms. The third kappa shape index (κ3) is 2.73. The number of hydrogen-bond donors (Lipinski definition) is 0. The number of rotatable bonds is 3. The molecule has 0 N–H and O–H groups in total. The van der Waals surface area contributed by atoms with E-state index in [1.54, 1.807) is 12.3 Å². The Balaban J connectivity index is 2.85. The first-order valence-electron chi connectivity index (χ1n) is 4.56. The van der Waals surface area contributed by atoms with E-state index in [-0.39, 0.29) is 5.78 Å². The van der Waals surface area contributed by atoms with Crippen LogP contribution in [0.1, 0.15) is 15.9 Å². The van der Waals surface area contributed by atoms with Crippen molar-refractivity contribution < 1.29 is 4.79 Å². The Kier molecular flexibility index (Phi) is 3.46. The molecule has 0 fully saturated rings. The number of ketones is 1. The Morgan fingerprint density at radius 3 is 2.50 bits per heavy atom. The molecule has 0 atom stereocenters. The minimum Gasteiger partial charge on any atom is -0.383 e. The van der Waals surface area contributed by atoms with Gasteiger partial charge in [-0.3, -0.25) is 4.79 Å². The first kappa shape index (κ1) is 10.5. The first-order chi connectivity index (χ1) is 6.61. The summed E-state index contributed by atoms with van der Waals surface area (Å²) in [5, 5.41) is 0. The van der Waals surface area contributed by atoms with Gasteiger partial charge >= 0.3 is 0 Å². The summed E-state index contributed by atoms with van der Waals surface area (Å²) in [4.78, 5) is 13.5. The third-order valence-corrected chi connectivity index (χ3v) is 1.93. The van der Waals surface area contributed by atoms with Crippen molar-refractivity contribution in [3.63, 3.8) is 0 Å². The van der Waals surface area contributed by atoms with Crippen molar-refractivity contribution in [3.05, 3.63) is 47.7 Å². The van der Waals surface area contributed by atoms with Crippen LogP contribution in [0.5, 0.6) is 0 Å². The monoisotopic (exact) mass is 189 g/mol. The fourth-order valence-corrected chi connectivity index (χ4v) is 1.16. The van der Waals surface area contributed by atoms with Gasteiger partial charge in [0.1, 0.15) is 0 Å². The van der Waals surface area contributed by atoms with Gasteiger partial charge in [-0.05, 0) is 12.5 Å². The van der Waals surface area contributed by atoms with Crippen LogP contribution in [-0.4, -0.2) is 24.8 Å². The van der Waals surface area contributed by atoms with Crippen molar-refractivity contribution in [2.45, 2.75) is 6.92 Å². The molecule has 0 aromatic heterocycles. The second kappa shape index (κ2) is 4.61. The highest BCUT2D eigenvalue weighted by molar-refractivity contribution is 6.05. The minimum absolute atomic E-state index is 0.0526. The van der Waals surface area contributed by atoms with E-state index in [4.69, 9.17) is 0 Å². The van der Waals surface area contributed by atoms with Crippen molar-refractivity contribution in [2.75, 3.05) is 14.1 Å². The molecule has 2 heteroatoms. The highest BCUT2D eigenvalue weighted by atomic mass is 16.1. The van der Waals surface area contributed by atoms with Gasteiger partial charge in [-0.25, -0.2) is 0 Å². The average molecular weight is 189 g/mol. The van der Waals surface area contributed by atoms with Gasteiger partial charge < -0.3 is 4.90 Å². The van der Waals surface area contributed by atoms with Crippen molar-refractivity contribution in [1.82, 2.24) is 4.90 Å². The maximum atomic E-state index is 11.7. The fraction of sp³-hybridized carbons (Fsp3) is 0.250. The lowest BCUT2D eigenvalue weighted by atomic mass is 10.1. The molecule has 0 aliphatic heterocycles. The van der Waals surface area contributed by atoms with Crippen LogP contribution in [0.4, 0.5) is 0 Å². The van der Waals surface area contributed by atoms with Gasteiger partial charge in [-0.15, -0.1) is 0 Å². The highest BCUT2D eigenvalue weighted by Crippen LogP contribution is 2.08. The molecule has 2 nitrogen and oxygen atoms in total. The molecule has 1 aromatic rings. The van der Waals surface area contributed by atoms with E-state index in [1.807, 2.05) is 50.2 Å². The Bertz CT molecular complexity index is 353. The molecule has 1 aromatic carbocycles. The number of carbonyl (C=O) groups is 1. The molecule has 0 radical (unpaired) electrons. The normalized spacial score (nSPS) is 10.5. The summed E-state index contributed by atoms with van der Waals surface area (Å²) in [6, 6.07) is 7.60. The van der Waals surface area contributed by atoms with Gasteiger partial charge in [0.05, 0.1) is 0 Å². The molecule has 0 saturated heterocycles. The van der Waals surface area contributed by atoms with Crippen LogP contribution < -0.4 is 0 Å². The molecule has 74 valence electrons. The maximum Gasteiger partial charge on any atom is 0.187 e. The zero-order chi connectivity index (χ0) is 10.6. The zero-order valence-electron chi connectivity index (χ0n) is 8.82. The first-order valence-corrected chi connectivity index (χ1v) is 4.56. The number of nitrogens with zero attached hydrogens (tertiary/aromatic N) is 1. The Hall–Kier alpha value is -1.57. The van der Waals surface area contributed by atoms with E-state index in [1.165, 1.54) is 0 Å². The number of aryl methyl sites for hydroxylation is 1. The SMILES string of the molecule is Cc1ccccc1C(=O)/C=C\N(C)C. The summed E-state index contributed by atoms with van der Waals surface area (Å²) in [7, 11) is 3.78. The second-order valence-electron chi connectivity index (χ2n) is 3.46. The summed E-state index contributed by atoms with van der Waals surface area (Å²) in [6.45, 7) is 1.94. The van der Waals surface area contributed by atoms with Crippen molar-refractivity contribution >= 4 is 5.78 Å². The van der Waals surface area contributed by atoms with Gasteiger partial charge in [0.25, 0.3) is 0 Å². The predicted molar refractivity (Wildman–Crippen MR) is 58.3 cm³/mol. The summed E-state index contributed by atoms with van der Waals surface area (Å²) in [5.41, 5.74) is 1.78.